The van der Waals surface area contributed by atoms with Crippen LogP contribution in [0.25, 0.3) is 0 Å². The van der Waals surface area contributed by atoms with Crippen LogP contribution >= 0.6 is 11.6 Å². The predicted octanol–water partition coefficient (Wildman–Crippen LogP) is 0.773. The molecule has 19 heavy (non-hydrogen) atoms. The third-order valence-corrected chi connectivity index (χ3v) is 2.67. The molecular formula is C12H17ClN4O2. The van der Waals surface area contributed by atoms with Crippen LogP contribution in [0.4, 0.5) is 5.82 Å². The zero-order valence-electron chi connectivity index (χ0n) is 10.8. The van der Waals surface area contributed by atoms with Crippen molar-refractivity contribution in [1.29, 1.82) is 0 Å². The quantitative estimate of drug-likeness (QED) is 0.744. The predicted molar refractivity (Wildman–Crippen MR) is 73.7 cm³/mol. The van der Waals surface area contributed by atoms with Crippen molar-refractivity contribution in [2.24, 2.45) is 11.7 Å². The van der Waals surface area contributed by atoms with Crippen LogP contribution in [0.3, 0.4) is 0 Å². The molecule has 1 aromatic heterocycles. The summed E-state index contributed by atoms with van der Waals surface area (Å²) < 4.78 is 0. The molecule has 1 heterocycles. The van der Waals surface area contributed by atoms with Crippen LogP contribution in [-0.2, 0) is 9.59 Å². The van der Waals surface area contributed by atoms with E-state index in [1.807, 2.05) is 13.8 Å². The second-order valence-electron chi connectivity index (χ2n) is 4.40. The van der Waals surface area contributed by atoms with E-state index in [1.165, 1.54) is 12.3 Å². The van der Waals surface area contributed by atoms with Crippen molar-refractivity contribution in [3.05, 3.63) is 23.4 Å². The number of halogens is 1. The Morgan fingerprint density at radius 1 is 1.47 bits per heavy atom. The number of aromatic nitrogens is 1. The second-order valence-corrected chi connectivity index (χ2v) is 4.83. The first kappa shape index (κ1) is 15.4. The van der Waals surface area contributed by atoms with Crippen molar-refractivity contribution >= 4 is 29.2 Å². The van der Waals surface area contributed by atoms with Gasteiger partial charge in [-0.3, -0.25) is 9.59 Å². The summed E-state index contributed by atoms with van der Waals surface area (Å²) in [6, 6.07) is 2.49. The highest BCUT2D eigenvalue weighted by molar-refractivity contribution is 6.30. The highest BCUT2D eigenvalue weighted by Gasteiger charge is 2.17. The minimum absolute atomic E-state index is 0.0117. The van der Waals surface area contributed by atoms with Gasteiger partial charge in [0.05, 0.1) is 12.6 Å². The zero-order chi connectivity index (χ0) is 14.4. The minimum Gasteiger partial charge on any atom is -0.346 e. The number of carbonyl (C=O) groups is 2. The molecule has 0 fully saturated rings. The normalized spacial score (nSPS) is 12.1. The maximum absolute atomic E-state index is 11.6. The molecular weight excluding hydrogens is 268 g/mol. The molecule has 4 N–H and O–H groups in total. The van der Waals surface area contributed by atoms with E-state index in [0.29, 0.717) is 10.8 Å². The number of hydrogen-bond donors (Lipinski definition) is 3. The molecule has 1 atom stereocenters. The fourth-order valence-corrected chi connectivity index (χ4v) is 1.41. The summed E-state index contributed by atoms with van der Waals surface area (Å²) in [7, 11) is 0. The molecule has 0 saturated carbocycles. The fourth-order valence-electron chi connectivity index (χ4n) is 1.25. The number of hydrogen-bond acceptors (Lipinski definition) is 4. The molecule has 0 bridgehead atoms. The molecule has 7 heteroatoms. The van der Waals surface area contributed by atoms with Crippen LogP contribution < -0.4 is 16.4 Å². The average Bonchev–Trinajstić information content (AvgIpc) is 2.34. The van der Waals surface area contributed by atoms with Crippen molar-refractivity contribution < 1.29 is 9.59 Å². The lowest BCUT2D eigenvalue weighted by Crippen LogP contribution is -2.46. The zero-order valence-corrected chi connectivity index (χ0v) is 11.6. The monoisotopic (exact) mass is 284 g/mol. The number of carbonyl (C=O) groups excluding carboxylic acids is 2. The van der Waals surface area contributed by atoms with E-state index < -0.39 is 6.04 Å². The van der Waals surface area contributed by atoms with Crippen molar-refractivity contribution in [2.75, 3.05) is 11.9 Å². The van der Waals surface area contributed by atoms with Gasteiger partial charge in [-0.25, -0.2) is 4.98 Å². The summed E-state index contributed by atoms with van der Waals surface area (Å²) in [6.45, 7) is 3.51. The van der Waals surface area contributed by atoms with Crippen molar-refractivity contribution in [2.45, 2.75) is 19.9 Å². The van der Waals surface area contributed by atoms with Crippen LogP contribution in [0, 0.1) is 5.92 Å². The number of nitrogens with two attached hydrogens (primary N) is 1. The molecule has 0 spiro atoms. The largest absolute Gasteiger partial charge is 0.346 e. The molecule has 0 unspecified atom stereocenters. The van der Waals surface area contributed by atoms with E-state index in [4.69, 9.17) is 17.3 Å². The number of amides is 2. The molecule has 0 aliphatic rings. The van der Waals surface area contributed by atoms with Gasteiger partial charge in [-0.15, -0.1) is 0 Å². The third-order valence-electron chi connectivity index (χ3n) is 2.43. The summed E-state index contributed by atoms with van der Waals surface area (Å²) in [6.07, 6.45) is 1.48. The topological polar surface area (TPSA) is 97.1 Å². The molecule has 0 saturated heterocycles. The van der Waals surface area contributed by atoms with Gasteiger partial charge in [-0.2, -0.15) is 0 Å². The number of rotatable bonds is 5. The van der Waals surface area contributed by atoms with Gasteiger partial charge in [-0.1, -0.05) is 25.4 Å². The standard InChI is InChI=1S/C12H17ClN4O2/c1-7(2)11(14)12(19)16-6-10(18)17-9-5-8(13)3-4-15-9/h3-5,7,11H,6,14H2,1-2H3,(H,16,19)(H,15,17,18)/t11-/m0/s1. The summed E-state index contributed by atoms with van der Waals surface area (Å²) in [4.78, 5) is 27.0. The van der Waals surface area contributed by atoms with Gasteiger partial charge in [0.25, 0.3) is 0 Å². The van der Waals surface area contributed by atoms with Crippen LogP contribution in [-0.4, -0.2) is 29.4 Å². The Balaban J connectivity index is 2.42. The highest BCUT2D eigenvalue weighted by Crippen LogP contribution is 2.11. The number of anilines is 1. The molecule has 1 rings (SSSR count). The number of nitrogens with zero attached hydrogens (tertiary/aromatic N) is 1. The molecule has 2 amide bonds. The lowest BCUT2D eigenvalue weighted by molar-refractivity contribution is -0.125. The molecule has 0 radical (unpaired) electrons. The number of pyridine rings is 1. The van der Waals surface area contributed by atoms with Gasteiger partial charge < -0.3 is 16.4 Å². The summed E-state index contributed by atoms with van der Waals surface area (Å²) in [5.41, 5.74) is 5.65. The smallest absolute Gasteiger partial charge is 0.244 e. The van der Waals surface area contributed by atoms with Gasteiger partial charge in [0.2, 0.25) is 11.8 Å². The molecule has 104 valence electrons. The van der Waals surface area contributed by atoms with Gasteiger partial charge in [0.1, 0.15) is 5.82 Å². The SMILES string of the molecule is CC(C)[C@H](N)C(=O)NCC(=O)Nc1cc(Cl)ccn1. The number of nitrogens with one attached hydrogen (secondary N) is 2. The van der Waals surface area contributed by atoms with Crippen LogP contribution in [0.2, 0.25) is 5.02 Å². The van der Waals surface area contributed by atoms with E-state index in [0.717, 1.165) is 0 Å². The van der Waals surface area contributed by atoms with Gasteiger partial charge in [0, 0.05) is 11.2 Å². The molecule has 6 nitrogen and oxygen atoms in total. The molecule has 0 aliphatic heterocycles. The van der Waals surface area contributed by atoms with E-state index in [9.17, 15) is 9.59 Å². The fraction of sp³-hybridized carbons (Fsp3) is 0.417. The maximum Gasteiger partial charge on any atom is 0.244 e. The van der Waals surface area contributed by atoms with Crippen molar-refractivity contribution in [1.82, 2.24) is 10.3 Å². The Hall–Kier alpha value is -1.66. The van der Waals surface area contributed by atoms with E-state index in [-0.39, 0.29) is 24.3 Å². The van der Waals surface area contributed by atoms with Crippen molar-refractivity contribution in [3.63, 3.8) is 0 Å². The van der Waals surface area contributed by atoms with Gasteiger partial charge >= 0.3 is 0 Å². The summed E-state index contributed by atoms with van der Waals surface area (Å²) in [5.74, 6) is -0.402. The van der Waals surface area contributed by atoms with E-state index in [2.05, 4.69) is 15.6 Å². The summed E-state index contributed by atoms with van der Waals surface area (Å²) >= 11 is 5.75. The van der Waals surface area contributed by atoms with Crippen LogP contribution in [0.5, 0.6) is 0 Å². The van der Waals surface area contributed by atoms with Gasteiger partial charge in [-0.05, 0) is 18.1 Å². The van der Waals surface area contributed by atoms with Crippen LogP contribution in [0.1, 0.15) is 13.8 Å². The third kappa shape index (κ3) is 5.23. The second kappa shape index (κ2) is 7.06. The minimum atomic E-state index is -0.628. The Kier molecular flexibility index (Phi) is 5.72. The Labute approximate surface area is 116 Å². The summed E-state index contributed by atoms with van der Waals surface area (Å²) in [5, 5.41) is 5.45. The lowest BCUT2D eigenvalue weighted by Gasteiger charge is -2.15. The van der Waals surface area contributed by atoms with Gasteiger partial charge in [0.15, 0.2) is 0 Å². The first-order valence-electron chi connectivity index (χ1n) is 5.85. The van der Waals surface area contributed by atoms with E-state index in [1.54, 1.807) is 6.07 Å². The first-order chi connectivity index (χ1) is 8.90. The average molecular weight is 285 g/mol. The Morgan fingerprint density at radius 2 is 2.16 bits per heavy atom. The molecule has 0 aromatic carbocycles. The maximum atomic E-state index is 11.6. The Bertz CT molecular complexity index is 465. The van der Waals surface area contributed by atoms with Crippen LogP contribution in [0.15, 0.2) is 18.3 Å². The van der Waals surface area contributed by atoms with E-state index >= 15 is 0 Å². The Morgan fingerprint density at radius 3 is 2.74 bits per heavy atom. The molecule has 1 aromatic rings. The highest BCUT2D eigenvalue weighted by atomic mass is 35.5. The van der Waals surface area contributed by atoms with Crippen molar-refractivity contribution in [3.8, 4) is 0 Å². The molecule has 0 aliphatic carbocycles. The first-order valence-corrected chi connectivity index (χ1v) is 6.22. The lowest BCUT2D eigenvalue weighted by atomic mass is 10.1.